The monoisotopic (exact) mass is 336 g/mol. The van der Waals surface area contributed by atoms with Crippen molar-refractivity contribution in [3.63, 3.8) is 0 Å². The molecule has 0 unspecified atom stereocenters. The van der Waals surface area contributed by atoms with Gasteiger partial charge in [0.1, 0.15) is 12.2 Å². The molecule has 3 atom stereocenters. The fourth-order valence-electron chi connectivity index (χ4n) is 2.14. The van der Waals surface area contributed by atoms with Crippen LogP contribution in [0.4, 0.5) is 0 Å². The Kier molecular flexibility index (Phi) is 4.91. The lowest BCUT2D eigenvalue weighted by molar-refractivity contribution is -0.165. The van der Waals surface area contributed by atoms with Gasteiger partial charge in [-0.3, -0.25) is 0 Å². The number of aromatic hydroxyl groups is 2. The largest absolute Gasteiger partial charge is 0.504 e. The Morgan fingerprint density at radius 1 is 1.25 bits per heavy atom. The second-order valence-electron chi connectivity index (χ2n) is 5.34. The predicted octanol–water partition coefficient (Wildman–Crippen LogP) is 0.159. The topological polar surface area (TPSA) is 145 Å². The van der Waals surface area contributed by atoms with Gasteiger partial charge in [-0.25, -0.2) is 9.59 Å². The Balaban J connectivity index is 2.03. The summed E-state index contributed by atoms with van der Waals surface area (Å²) in [6.45, 7) is 0. The van der Waals surface area contributed by atoms with Gasteiger partial charge >= 0.3 is 11.9 Å². The van der Waals surface area contributed by atoms with E-state index in [1.165, 1.54) is 24.3 Å². The summed E-state index contributed by atoms with van der Waals surface area (Å²) in [5, 5.41) is 47.1. The third kappa shape index (κ3) is 3.92. The van der Waals surface area contributed by atoms with Crippen molar-refractivity contribution in [2.75, 3.05) is 0 Å². The molecule has 24 heavy (non-hydrogen) atoms. The number of rotatable bonds is 4. The number of ether oxygens (including phenoxy) is 1. The minimum absolute atomic E-state index is 0.306. The van der Waals surface area contributed by atoms with Crippen LogP contribution in [0.2, 0.25) is 0 Å². The maximum atomic E-state index is 11.8. The zero-order valence-electron chi connectivity index (χ0n) is 12.4. The fourth-order valence-corrected chi connectivity index (χ4v) is 2.14. The molecule has 2 rings (SSSR count). The highest BCUT2D eigenvalue weighted by atomic mass is 16.6. The first-order chi connectivity index (χ1) is 11.2. The van der Waals surface area contributed by atoms with E-state index in [0.717, 1.165) is 18.2 Å². The fraction of sp³-hybridized carbons (Fsp3) is 0.250. The van der Waals surface area contributed by atoms with E-state index in [1.807, 2.05) is 0 Å². The minimum Gasteiger partial charge on any atom is -0.504 e. The molecule has 0 saturated heterocycles. The van der Waals surface area contributed by atoms with E-state index in [9.17, 15) is 30.0 Å². The summed E-state index contributed by atoms with van der Waals surface area (Å²) in [6, 6.07) is 3.91. The Morgan fingerprint density at radius 3 is 2.58 bits per heavy atom. The summed E-state index contributed by atoms with van der Waals surface area (Å²) >= 11 is 0. The lowest BCUT2D eigenvalue weighted by Crippen LogP contribution is -2.47. The van der Waals surface area contributed by atoms with E-state index in [0.29, 0.717) is 5.56 Å². The van der Waals surface area contributed by atoms with Gasteiger partial charge < -0.3 is 30.3 Å². The minimum atomic E-state index is -2.21. The summed E-state index contributed by atoms with van der Waals surface area (Å²) in [4.78, 5) is 22.8. The number of carbonyl (C=O) groups is 2. The molecule has 0 fully saturated rings. The van der Waals surface area contributed by atoms with Gasteiger partial charge in [-0.2, -0.15) is 0 Å². The average Bonchev–Trinajstić information content (AvgIpc) is 2.52. The van der Waals surface area contributed by atoms with Gasteiger partial charge in [0.15, 0.2) is 17.1 Å². The molecule has 1 aliphatic carbocycles. The normalized spacial score (nSPS) is 26.4. The first kappa shape index (κ1) is 17.5. The zero-order chi connectivity index (χ0) is 17.9. The second-order valence-corrected chi connectivity index (χ2v) is 5.34. The van der Waals surface area contributed by atoms with Crippen molar-refractivity contribution in [1.29, 1.82) is 0 Å². The van der Waals surface area contributed by atoms with Gasteiger partial charge in [0, 0.05) is 12.5 Å². The quantitative estimate of drug-likeness (QED) is 0.226. The molecule has 5 N–H and O–H groups in total. The number of carboxylic acid groups (broad SMARTS) is 1. The van der Waals surface area contributed by atoms with Crippen LogP contribution in [0.1, 0.15) is 12.0 Å². The lowest BCUT2D eigenvalue weighted by Gasteiger charge is -2.31. The Hall–Kier alpha value is -2.84. The van der Waals surface area contributed by atoms with Gasteiger partial charge in [0.05, 0.1) is 0 Å². The summed E-state index contributed by atoms with van der Waals surface area (Å²) < 4.78 is 4.96. The number of aliphatic hydroxyl groups excluding tert-OH is 1. The van der Waals surface area contributed by atoms with Crippen LogP contribution in [0.25, 0.3) is 6.08 Å². The van der Waals surface area contributed by atoms with E-state index in [1.54, 1.807) is 0 Å². The molecule has 0 bridgehead atoms. The van der Waals surface area contributed by atoms with Gasteiger partial charge in [0.2, 0.25) is 0 Å². The van der Waals surface area contributed by atoms with Crippen LogP contribution < -0.4 is 0 Å². The van der Waals surface area contributed by atoms with Gasteiger partial charge in [-0.15, -0.1) is 0 Å². The summed E-state index contributed by atoms with van der Waals surface area (Å²) in [7, 11) is 0. The number of aliphatic carboxylic acids is 1. The van der Waals surface area contributed by atoms with Crippen molar-refractivity contribution in [3.8, 4) is 11.5 Å². The van der Waals surface area contributed by atoms with Gasteiger partial charge in [-0.1, -0.05) is 12.1 Å². The van der Waals surface area contributed by atoms with Crippen molar-refractivity contribution >= 4 is 18.0 Å². The van der Waals surface area contributed by atoms with Crippen molar-refractivity contribution in [2.24, 2.45) is 0 Å². The van der Waals surface area contributed by atoms with Gasteiger partial charge in [-0.05, 0) is 29.8 Å². The summed E-state index contributed by atoms with van der Waals surface area (Å²) in [5.74, 6) is -3.04. The third-order valence-corrected chi connectivity index (χ3v) is 3.51. The van der Waals surface area contributed by atoms with Crippen LogP contribution in [0.3, 0.4) is 0 Å². The molecular formula is C16H16O8. The molecule has 0 spiro atoms. The van der Waals surface area contributed by atoms with Crippen molar-refractivity contribution < 1.29 is 39.9 Å². The first-order valence-electron chi connectivity index (χ1n) is 6.95. The number of hydrogen-bond acceptors (Lipinski definition) is 7. The third-order valence-electron chi connectivity index (χ3n) is 3.51. The molecule has 0 heterocycles. The van der Waals surface area contributed by atoms with Crippen LogP contribution in [-0.4, -0.2) is 55.3 Å². The van der Waals surface area contributed by atoms with E-state index in [4.69, 9.17) is 9.84 Å². The standard InChI is InChI=1S/C16H16O8/c17-10-3-1-9(7-12(10)19)2-4-14(20)24-13-8-16(23,15(21)22)6-5-11(13)18/h1-7,11,13,17-19,23H,8H2,(H,21,22)/b4-2+/t11-,13-,16+/m1/s1. The van der Waals surface area contributed by atoms with Crippen molar-refractivity contribution in [1.82, 2.24) is 0 Å². The molecule has 8 heteroatoms. The van der Waals surface area contributed by atoms with Crippen molar-refractivity contribution in [3.05, 3.63) is 42.0 Å². The maximum absolute atomic E-state index is 11.8. The first-order valence-corrected chi connectivity index (χ1v) is 6.95. The maximum Gasteiger partial charge on any atom is 0.339 e. The number of benzene rings is 1. The highest BCUT2D eigenvalue weighted by Gasteiger charge is 2.42. The predicted molar refractivity (Wildman–Crippen MR) is 81.0 cm³/mol. The smallest absolute Gasteiger partial charge is 0.339 e. The van der Waals surface area contributed by atoms with Crippen LogP contribution in [0.5, 0.6) is 11.5 Å². The molecular weight excluding hydrogens is 320 g/mol. The van der Waals surface area contributed by atoms with Crippen molar-refractivity contribution in [2.45, 2.75) is 24.2 Å². The summed E-state index contributed by atoms with van der Waals surface area (Å²) in [5.41, 5.74) is -1.80. The number of carboxylic acids is 1. The Labute approximate surface area is 136 Å². The molecule has 1 aliphatic rings. The molecule has 1 aromatic rings. The Bertz CT molecular complexity index is 708. The van der Waals surface area contributed by atoms with E-state index in [2.05, 4.69) is 0 Å². The van der Waals surface area contributed by atoms with E-state index >= 15 is 0 Å². The van der Waals surface area contributed by atoms with E-state index in [-0.39, 0.29) is 11.5 Å². The Morgan fingerprint density at radius 2 is 1.96 bits per heavy atom. The number of esters is 1. The number of aliphatic hydroxyl groups is 2. The molecule has 128 valence electrons. The highest BCUT2D eigenvalue weighted by Crippen LogP contribution is 2.27. The molecule has 0 radical (unpaired) electrons. The number of carbonyl (C=O) groups excluding carboxylic acids is 1. The number of hydrogen-bond donors (Lipinski definition) is 5. The van der Waals surface area contributed by atoms with Crippen LogP contribution >= 0.6 is 0 Å². The molecule has 0 saturated carbocycles. The molecule has 0 aromatic heterocycles. The molecule has 0 amide bonds. The molecule has 0 aliphatic heterocycles. The van der Waals surface area contributed by atoms with Crippen LogP contribution in [0.15, 0.2) is 36.4 Å². The number of phenolic OH excluding ortho intramolecular Hbond substituents is 2. The van der Waals surface area contributed by atoms with Crippen LogP contribution in [-0.2, 0) is 14.3 Å². The SMILES string of the molecule is O=C(/C=C/c1ccc(O)c(O)c1)O[C@@H]1C[C@](O)(C(=O)O)C=C[C@H]1O. The lowest BCUT2D eigenvalue weighted by atomic mass is 9.87. The number of phenols is 2. The van der Waals surface area contributed by atoms with E-state index < -0.39 is 36.2 Å². The summed E-state index contributed by atoms with van der Waals surface area (Å²) in [6.07, 6.45) is 1.37. The highest BCUT2D eigenvalue weighted by molar-refractivity contribution is 5.87. The zero-order valence-corrected chi connectivity index (χ0v) is 12.4. The average molecular weight is 336 g/mol. The molecule has 1 aromatic carbocycles. The van der Waals surface area contributed by atoms with Crippen LogP contribution in [0, 0.1) is 0 Å². The van der Waals surface area contributed by atoms with Gasteiger partial charge in [0.25, 0.3) is 0 Å². The second kappa shape index (κ2) is 6.73. The molecule has 8 nitrogen and oxygen atoms in total.